The highest BCUT2D eigenvalue weighted by atomic mass is 27.2. The summed E-state index contributed by atoms with van der Waals surface area (Å²) >= 11 is -1.02. The summed E-state index contributed by atoms with van der Waals surface area (Å²) in [6.07, 6.45) is 3.10. The monoisotopic (exact) mass is 370 g/mol. The maximum Gasteiger partial charge on any atom is 0.411 e. The number of nitrogens with zero attached hydrogens (tertiary/aromatic N) is 1. The molecule has 3 heteroatoms. The predicted molar refractivity (Wildman–Crippen MR) is 120 cm³/mol. The second-order valence-corrected chi connectivity index (χ2v) is 10.0. The molecule has 0 saturated heterocycles. The van der Waals surface area contributed by atoms with Gasteiger partial charge in [-0.05, 0) is 54.3 Å². The fourth-order valence-corrected chi connectivity index (χ4v) is 5.29. The van der Waals surface area contributed by atoms with Crippen molar-refractivity contribution >= 4 is 32.0 Å². The second-order valence-electron chi connectivity index (χ2n) is 6.95. The quantitative estimate of drug-likeness (QED) is 0.359. The van der Waals surface area contributed by atoms with Crippen LogP contribution in [0.25, 0.3) is 0 Å². The largest absolute Gasteiger partial charge is 0.476 e. The molecule has 0 heterocycles. The Morgan fingerprint density at radius 1 is 0.926 bits per heavy atom. The molecule has 0 atom stereocenters. The van der Waals surface area contributed by atoms with E-state index in [9.17, 15) is 0 Å². The molecule has 136 valence electrons. The van der Waals surface area contributed by atoms with Gasteiger partial charge in [0.25, 0.3) is 0 Å². The molecule has 0 aliphatic heterocycles. The standard InChI is InChI=1S/C15H14N.C7H8N.C2H5.Al/c1-2-13-8-6-7-9-14(13)12-16-15-10-4-3-5-11-15;1-6-3-2-4-7(8)5-6;1-2;/h3-12H,1-2H2;2-5,8H,1H3;1H2,2H3;/q;-1;;+1. The molecule has 0 unspecified atom stereocenters. The van der Waals surface area contributed by atoms with Crippen LogP contribution in [0.3, 0.4) is 0 Å². The molecule has 1 N–H and O–H groups in total. The summed E-state index contributed by atoms with van der Waals surface area (Å²) < 4.78 is 3.82. The van der Waals surface area contributed by atoms with Gasteiger partial charge in [-0.25, -0.2) is 0 Å². The summed E-state index contributed by atoms with van der Waals surface area (Å²) in [6, 6.07) is 27.5. The Kier molecular flexibility index (Phi) is 7.28. The molecular formula is C24H27AlN2. The SMILES string of the molecule is C[CH2][Al]([CH2]Cc1ccccc1C=Nc1ccccc1)[NH]c1cccc(C)c1. The molecule has 0 fully saturated rings. The molecule has 0 radical (unpaired) electrons. The van der Waals surface area contributed by atoms with E-state index in [4.69, 9.17) is 0 Å². The molecule has 3 aromatic rings. The smallest absolute Gasteiger partial charge is 0.411 e. The van der Waals surface area contributed by atoms with E-state index in [1.54, 1.807) is 0 Å². The molecule has 0 bridgehead atoms. The summed E-state index contributed by atoms with van der Waals surface area (Å²) in [4.78, 5) is 4.63. The molecular weight excluding hydrogens is 343 g/mol. The Bertz CT molecular complexity index is 874. The number of benzene rings is 3. The van der Waals surface area contributed by atoms with Gasteiger partial charge in [0.15, 0.2) is 0 Å². The van der Waals surface area contributed by atoms with Crippen molar-refractivity contribution in [2.45, 2.75) is 30.8 Å². The third-order valence-electron chi connectivity index (χ3n) is 4.81. The van der Waals surface area contributed by atoms with Crippen molar-refractivity contribution in [3.63, 3.8) is 0 Å². The molecule has 0 amide bonds. The van der Waals surface area contributed by atoms with Crippen molar-refractivity contribution in [3.05, 3.63) is 95.6 Å². The minimum absolute atomic E-state index is 0.995. The van der Waals surface area contributed by atoms with E-state index in [1.807, 2.05) is 36.5 Å². The highest BCUT2D eigenvalue weighted by Crippen LogP contribution is 2.17. The number of anilines is 1. The molecule has 27 heavy (non-hydrogen) atoms. The van der Waals surface area contributed by atoms with Crippen LogP contribution in [0, 0.1) is 6.92 Å². The molecule has 0 saturated carbocycles. The molecule has 3 aromatic carbocycles. The van der Waals surface area contributed by atoms with Crippen molar-refractivity contribution in [1.82, 2.24) is 0 Å². The van der Waals surface area contributed by atoms with Crippen LogP contribution in [0.1, 0.15) is 23.6 Å². The van der Waals surface area contributed by atoms with Crippen LogP contribution in [-0.2, 0) is 6.42 Å². The van der Waals surface area contributed by atoms with Crippen LogP contribution in [0.5, 0.6) is 0 Å². The third kappa shape index (κ3) is 6.10. The Labute approximate surface area is 167 Å². The first kappa shape index (κ1) is 19.4. The lowest BCUT2D eigenvalue weighted by Crippen LogP contribution is -2.24. The maximum atomic E-state index is 4.63. The van der Waals surface area contributed by atoms with Crippen molar-refractivity contribution < 1.29 is 0 Å². The Hall–Kier alpha value is -2.34. The fraction of sp³-hybridized carbons (Fsp3) is 0.208. The highest BCUT2D eigenvalue weighted by molar-refractivity contribution is 6.62. The lowest BCUT2D eigenvalue weighted by atomic mass is 10.1. The van der Waals surface area contributed by atoms with Gasteiger partial charge in [-0.15, -0.1) is 0 Å². The number of nitrogens with one attached hydrogen (secondary N) is 1. The number of rotatable bonds is 8. The van der Waals surface area contributed by atoms with Crippen molar-refractivity contribution in [2.75, 3.05) is 4.30 Å². The van der Waals surface area contributed by atoms with E-state index in [0.717, 1.165) is 12.1 Å². The molecule has 0 spiro atoms. The van der Waals surface area contributed by atoms with E-state index >= 15 is 0 Å². The zero-order chi connectivity index (χ0) is 18.9. The van der Waals surface area contributed by atoms with E-state index in [-0.39, 0.29) is 0 Å². The van der Waals surface area contributed by atoms with Crippen LogP contribution in [0.15, 0.2) is 83.9 Å². The number of aryl methyl sites for hydroxylation is 2. The summed E-state index contributed by atoms with van der Waals surface area (Å²) in [7, 11) is 0. The van der Waals surface area contributed by atoms with E-state index in [2.05, 4.69) is 71.7 Å². The van der Waals surface area contributed by atoms with Gasteiger partial charge in [0.2, 0.25) is 0 Å². The lowest BCUT2D eigenvalue weighted by Gasteiger charge is -2.14. The van der Waals surface area contributed by atoms with Crippen molar-refractivity contribution in [3.8, 4) is 0 Å². The Balaban J connectivity index is 1.65. The van der Waals surface area contributed by atoms with Gasteiger partial charge < -0.3 is 4.30 Å². The molecule has 0 aromatic heterocycles. The zero-order valence-electron chi connectivity index (χ0n) is 16.2. The summed E-state index contributed by atoms with van der Waals surface area (Å²) in [5.74, 6) is 0. The Morgan fingerprint density at radius 2 is 1.70 bits per heavy atom. The first-order valence-corrected chi connectivity index (χ1v) is 12.0. The minimum Gasteiger partial charge on any atom is -0.476 e. The van der Waals surface area contributed by atoms with Gasteiger partial charge in [0.05, 0.1) is 5.69 Å². The topological polar surface area (TPSA) is 24.4 Å². The van der Waals surface area contributed by atoms with Gasteiger partial charge in [0.1, 0.15) is 0 Å². The van der Waals surface area contributed by atoms with Gasteiger partial charge in [0, 0.05) is 11.9 Å². The van der Waals surface area contributed by atoms with Gasteiger partial charge >= 0.3 is 14.4 Å². The highest BCUT2D eigenvalue weighted by Gasteiger charge is 2.17. The summed E-state index contributed by atoms with van der Waals surface area (Å²) in [5, 5.41) is 2.48. The number of hydrogen-bond donors (Lipinski definition) is 1. The average molecular weight is 370 g/mol. The van der Waals surface area contributed by atoms with Gasteiger partial charge in [-0.1, -0.05) is 72.1 Å². The van der Waals surface area contributed by atoms with Gasteiger partial charge in [-0.2, -0.15) is 0 Å². The molecule has 2 nitrogen and oxygen atoms in total. The first-order chi connectivity index (χ1) is 13.2. The van der Waals surface area contributed by atoms with Crippen LogP contribution in [0.4, 0.5) is 11.4 Å². The van der Waals surface area contributed by atoms with Crippen LogP contribution < -0.4 is 4.30 Å². The molecule has 0 aliphatic rings. The predicted octanol–water partition coefficient (Wildman–Crippen LogP) is 6.41. The lowest BCUT2D eigenvalue weighted by molar-refractivity contribution is 1.09. The van der Waals surface area contributed by atoms with Crippen LogP contribution in [0.2, 0.25) is 10.6 Å². The first-order valence-electron chi connectivity index (χ1n) is 9.75. The summed E-state index contributed by atoms with van der Waals surface area (Å²) in [5.41, 5.74) is 6.18. The maximum absolute atomic E-state index is 4.63. The number of para-hydroxylation sites is 1. The number of hydrogen-bond acceptors (Lipinski definition) is 2. The Morgan fingerprint density at radius 3 is 2.48 bits per heavy atom. The third-order valence-corrected chi connectivity index (χ3v) is 7.52. The second kappa shape index (κ2) is 10.1. The molecule has 3 rings (SSSR count). The average Bonchev–Trinajstić information content (AvgIpc) is 2.71. The number of aliphatic imine (C=N–C) groups is 1. The summed E-state index contributed by atoms with van der Waals surface area (Å²) in [6.45, 7) is 4.46. The van der Waals surface area contributed by atoms with Crippen molar-refractivity contribution in [2.24, 2.45) is 4.99 Å². The van der Waals surface area contributed by atoms with E-state index in [0.29, 0.717) is 0 Å². The zero-order valence-corrected chi connectivity index (χ0v) is 17.4. The normalized spacial score (nSPS) is 10.9. The minimum atomic E-state index is -1.02. The van der Waals surface area contributed by atoms with E-state index < -0.39 is 14.4 Å². The van der Waals surface area contributed by atoms with E-state index in [1.165, 1.54) is 32.9 Å². The van der Waals surface area contributed by atoms with Crippen molar-refractivity contribution in [1.29, 1.82) is 0 Å². The van der Waals surface area contributed by atoms with Crippen LogP contribution >= 0.6 is 0 Å². The van der Waals surface area contributed by atoms with Gasteiger partial charge in [-0.3, -0.25) is 4.99 Å². The fourth-order valence-electron chi connectivity index (χ4n) is 3.22. The molecule has 0 aliphatic carbocycles. The van der Waals surface area contributed by atoms with Crippen LogP contribution in [-0.4, -0.2) is 20.6 Å².